The van der Waals surface area contributed by atoms with Crippen LogP contribution in [-0.2, 0) is 32.8 Å². The van der Waals surface area contributed by atoms with Crippen LogP contribution < -0.4 is 4.72 Å². The molecule has 1 fully saturated rings. The molecule has 0 bridgehead atoms. The first-order valence-electron chi connectivity index (χ1n) is 7.41. The maximum Gasteiger partial charge on any atom is 0.306 e. The van der Waals surface area contributed by atoms with Crippen LogP contribution in [0.2, 0.25) is 0 Å². The summed E-state index contributed by atoms with van der Waals surface area (Å²) in [6, 6.07) is 4.89. The van der Waals surface area contributed by atoms with Crippen molar-refractivity contribution in [1.29, 1.82) is 0 Å². The Kier molecular flexibility index (Phi) is 4.16. The maximum atomic E-state index is 14.6. The Morgan fingerprint density at radius 3 is 2.91 bits per heavy atom. The molecule has 6 nitrogen and oxygen atoms in total. The van der Waals surface area contributed by atoms with Crippen molar-refractivity contribution in [3.8, 4) is 0 Å². The minimum Gasteiger partial charge on any atom is -0.481 e. The van der Waals surface area contributed by atoms with Crippen LogP contribution in [0.5, 0.6) is 0 Å². The van der Waals surface area contributed by atoms with Gasteiger partial charge < -0.3 is 9.84 Å². The van der Waals surface area contributed by atoms with Gasteiger partial charge in [0.2, 0.25) is 10.0 Å². The van der Waals surface area contributed by atoms with E-state index < -0.39 is 34.1 Å². The van der Waals surface area contributed by atoms with Gasteiger partial charge in [0.05, 0.1) is 24.0 Å². The number of ether oxygens (including phenoxy) is 1. The van der Waals surface area contributed by atoms with Gasteiger partial charge in [-0.1, -0.05) is 12.1 Å². The molecular formula is C15H18FNO5S. The molecule has 0 aromatic heterocycles. The number of hydrogen-bond donors (Lipinski definition) is 2. The van der Waals surface area contributed by atoms with Gasteiger partial charge in [0, 0.05) is 12.1 Å². The summed E-state index contributed by atoms with van der Waals surface area (Å²) in [5, 5.41) is 8.94. The minimum atomic E-state index is -3.87. The second kappa shape index (κ2) is 5.85. The summed E-state index contributed by atoms with van der Waals surface area (Å²) in [4.78, 5) is 11.0. The van der Waals surface area contributed by atoms with Crippen LogP contribution in [0.3, 0.4) is 0 Å². The van der Waals surface area contributed by atoms with Crippen LogP contribution in [0, 0.1) is 5.92 Å². The van der Waals surface area contributed by atoms with Crippen LogP contribution >= 0.6 is 0 Å². The normalized spacial score (nSPS) is 27.1. The zero-order chi connectivity index (χ0) is 16.7. The molecule has 0 radical (unpaired) electrons. The molecule has 2 atom stereocenters. The zero-order valence-corrected chi connectivity index (χ0v) is 13.2. The van der Waals surface area contributed by atoms with E-state index in [1.807, 2.05) is 0 Å². The summed E-state index contributed by atoms with van der Waals surface area (Å²) in [5.74, 6) is -1.79. The Bertz CT molecular complexity index is 735. The number of aliphatic carboxylic acids is 1. The van der Waals surface area contributed by atoms with E-state index in [-0.39, 0.29) is 30.8 Å². The number of rotatable bonds is 5. The first kappa shape index (κ1) is 16.4. The fourth-order valence-corrected chi connectivity index (χ4v) is 4.55. The number of sulfonamides is 1. The molecule has 0 saturated heterocycles. The Morgan fingerprint density at radius 1 is 1.43 bits per heavy atom. The molecule has 23 heavy (non-hydrogen) atoms. The van der Waals surface area contributed by atoms with E-state index in [2.05, 4.69) is 4.72 Å². The van der Waals surface area contributed by atoms with E-state index in [9.17, 15) is 17.6 Å². The van der Waals surface area contributed by atoms with Crippen molar-refractivity contribution < 1.29 is 27.4 Å². The van der Waals surface area contributed by atoms with E-state index in [1.54, 1.807) is 12.1 Å². The molecule has 1 aromatic carbocycles. The number of carboxylic acids is 1. The molecule has 0 amide bonds. The van der Waals surface area contributed by atoms with Gasteiger partial charge in [0.15, 0.2) is 0 Å². The van der Waals surface area contributed by atoms with Crippen molar-refractivity contribution in [2.24, 2.45) is 5.92 Å². The van der Waals surface area contributed by atoms with Crippen LogP contribution in [0.1, 0.15) is 30.4 Å². The molecule has 1 heterocycles. The van der Waals surface area contributed by atoms with Crippen LogP contribution in [-0.4, -0.2) is 31.7 Å². The van der Waals surface area contributed by atoms with Gasteiger partial charge in [-0.2, -0.15) is 0 Å². The van der Waals surface area contributed by atoms with Crippen molar-refractivity contribution >= 4 is 16.0 Å². The van der Waals surface area contributed by atoms with Gasteiger partial charge in [-0.3, -0.25) is 4.79 Å². The number of halogens is 1. The molecule has 126 valence electrons. The number of benzene rings is 1. The summed E-state index contributed by atoms with van der Waals surface area (Å²) in [6.07, 6.45) is 0.103. The van der Waals surface area contributed by atoms with Crippen molar-refractivity contribution in [3.05, 3.63) is 29.3 Å². The third-order valence-electron chi connectivity index (χ3n) is 4.50. The molecule has 1 aromatic rings. The maximum absolute atomic E-state index is 14.6. The number of alkyl halides is 1. The minimum absolute atomic E-state index is 0.0441. The molecule has 1 aliphatic heterocycles. The lowest BCUT2D eigenvalue weighted by atomic mass is 10.0. The standard InChI is InChI=1S/C15H18FNO5S/c16-15(5-4-10(6-15)14(18)19)9-17-23(20,21)13-3-1-2-11-7-22-8-12(11)13/h1-3,10,17H,4-9H2,(H,18,19)/t10-,15-/m1/s1. The summed E-state index contributed by atoms with van der Waals surface area (Å²) in [5.41, 5.74) is -0.401. The average molecular weight is 343 g/mol. The fourth-order valence-electron chi connectivity index (χ4n) is 3.18. The van der Waals surface area contributed by atoms with Gasteiger partial charge in [0.25, 0.3) is 0 Å². The van der Waals surface area contributed by atoms with E-state index in [4.69, 9.17) is 9.84 Å². The molecule has 0 unspecified atom stereocenters. The lowest BCUT2D eigenvalue weighted by Crippen LogP contribution is -2.38. The fraction of sp³-hybridized carbons (Fsp3) is 0.533. The van der Waals surface area contributed by atoms with Gasteiger partial charge in [-0.05, 0) is 30.9 Å². The molecular weight excluding hydrogens is 325 g/mol. The van der Waals surface area contributed by atoms with E-state index in [0.717, 1.165) is 5.56 Å². The first-order valence-corrected chi connectivity index (χ1v) is 8.89. The second-order valence-corrected chi connectivity index (χ2v) is 7.88. The molecule has 0 spiro atoms. The van der Waals surface area contributed by atoms with E-state index in [1.165, 1.54) is 6.07 Å². The predicted octanol–water partition coefficient (Wildman–Crippen LogP) is 1.59. The number of nitrogens with one attached hydrogen (secondary N) is 1. The highest BCUT2D eigenvalue weighted by Gasteiger charge is 2.43. The topological polar surface area (TPSA) is 92.7 Å². The lowest BCUT2D eigenvalue weighted by molar-refractivity contribution is -0.141. The highest BCUT2D eigenvalue weighted by Crippen LogP contribution is 2.38. The lowest BCUT2D eigenvalue weighted by Gasteiger charge is -2.20. The van der Waals surface area contributed by atoms with Crippen LogP contribution in [0.15, 0.2) is 23.1 Å². The van der Waals surface area contributed by atoms with Crippen molar-refractivity contribution in [2.45, 2.75) is 43.0 Å². The molecule has 2 N–H and O–H groups in total. The number of carbonyl (C=O) groups is 1. The van der Waals surface area contributed by atoms with E-state index in [0.29, 0.717) is 12.2 Å². The van der Waals surface area contributed by atoms with Crippen LogP contribution in [0.4, 0.5) is 4.39 Å². The van der Waals surface area contributed by atoms with Crippen LogP contribution in [0.25, 0.3) is 0 Å². The van der Waals surface area contributed by atoms with Crippen molar-refractivity contribution in [3.63, 3.8) is 0 Å². The highest BCUT2D eigenvalue weighted by atomic mass is 32.2. The second-order valence-electron chi connectivity index (χ2n) is 6.14. The summed E-state index contributed by atoms with van der Waals surface area (Å²) < 4.78 is 47.1. The Morgan fingerprint density at radius 2 is 2.22 bits per heavy atom. The van der Waals surface area contributed by atoms with Gasteiger partial charge >= 0.3 is 5.97 Å². The third kappa shape index (κ3) is 3.24. The molecule has 1 saturated carbocycles. The molecule has 1 aliphatic carbocycles. The van der Waals surface area contributed by atoms with Gasteiger partial charge in [-0.25, -0.2) is 17.5 Å². The number of carboxylic acid groups (broad SMARTS) is 1. The number of hydrogen-bond acceptors (Lipinski definition) is 4. The largest absolute Gasteiger partial charge is 0.481 e. The Hall–Kier alpha value is -1.51. The van der Waals surface area contributed by atoms with Gasteiger partial charge in [0.1, 0.15) is 5.67 Å². The smallest absolute Gasteiger partial charge is 0.306 e. The van der Waals surface area contributed by atoms with Gasteiger partial charge in [-0.15, -0.1) is 0 Å². The summed E-state index contributed by atoms with van der Waals surface area (Å²) in [6.45, 7) is 0.171. The number of fused-ring (bicyclic) bond motifs is 1. The van der Waals surface area contributed by atoms with Crippen molar-refractivity contribution in [2.75, 3.05) is 6.54 Å². The van der Waals surface area contributed by atoms with Crippen molar-refractivity contribution in [1.82, 2.24) is 4.72 Å². The third-order valence-corrected chi connectivity index (χ3v) is 5.99. The summed E-state index contributed by atoms with van der Waals surface area (Å²) in [7, 11) is -3.87. The van der Waals surface area contributed by atoms with E-state index >= 15 is 0 Å². The Balaban J connectivity index is 1.73. The quantitative estimate of drug-likeness (QED) is 0.847. The monoisotopic (exact) mass is 343 g/mol. The zero-order valence-electron chi connectivity index (χ0n) is 12.4. The Labute approximate surface area is 133 Å². The molecule has 3 rings (SSSR count). The molecule has 8 heteroatoms. The highest BCUT2D eigenvalue weighted by molar-refractivity contribution is 7.89. The predicted molar refractivity (Wildman–Crippen MR) is 78.9 cm³/mol. The SMILES string of the molecule is O=C(O)[C@@H]1CC[C@](F)(CNS(=O)(=O)c2cccc3c2COC3)C1. The first-order chi connectivity index (χ1) is 10.8. The summed E-state index contributed by atoms with van der Waals surface area (Å²) >= 11 is 0. The molecule has 2 aliphatic rings. The average Bonchev–Trinajstić information content (AvgIpc) is 3.12.